The average Bonchev–Trinajstić information content (AvgIpc) is 2.31. The van der Waals surface area contributed by atoms with E-state index >= 15 is 0 Å². The van der Waals surface area contributed by atoms with E-state index in [1.807, 2.05) is 0 Å². The molecule has 18 heavy (non-hydrogen) atoms. The van der Waals surface area contributed by atoms with Crippen LogP contribution in [0.15, 0.2) is 4.99 Å². The van der Waals surface area contributed by atoms with Crippen molar-refractivity contribution in [2.45, 2.75) is 33.3 Å². The van der Waals surface area contributed by atoms with Gasteiger partial charge in [0.05, 0.1) is 6.10 Å². The van der Waals surface area contributed by atoms with E-state index in [0.29, 0.717) is 0 Å². The maximum atomic E-state index is 5.49. The third kappa shape index (κ3) is 7.50. The van der Waals surface area contributed by atoms with E-state index in [2.05, 4.69) is 36.4 Å². The molecule has 0 aromatic heterocycles. The fourth-order valence-corrected chi connectivity index (χ4v) is 1.58. The third-order valence-electron chi connectivity index (χ3n) is 2.75. The summed E-state index contributed by atoms with van der Waals surface area (Å²) in [5.74, 6) is 0.803. The van der Waals surface area contributed by atoms with Crippen molar-refractivity contribution in [3.8, 4) is 0 Å². The largest absolute Gasteiger partial charge is 0.385 e. The summed E-state index contributed by atoms with van der Waals surface area (Å²) in [6.45, 7) is 8.84. The Balaban J connectivity index is 3.99. The second kappa shape index (κ2) is 9.16. The molecule has 0 aliphatic heterocycles. The van der Waals surface area contributed by atoms with E-state index in [1.165, 1.54) is 0 Å². The van der Waals surface area contributed by atoms with Crippen LogP contribution in [0.4, 0.5) is 0 Å². The van der Waals surface area contributed by atoms with Gasteiger partial charge in [0, 0.05) is 41.0 Å². The first-order valence-electron chi connectivity index (χ1n) is 6.42. The van der Waals surface area contributed by atoms with E-state index in [-0.39, 0.29) is 11.5 Å². The summed E-state index contributed by atoms with van der Waals surface area (Å²) in [5, 5.41) is 6.52. The average molecular weight is 259 g/mol. The van der Waals surface area contributed by atoms with Crippen LogP contribution in [0.5, 0.6) is 0 Å². The molecule has 1 unspecified atom stereocenters. The van der Waals surface area contributed by atoms with E-state index in [0.717, 1.165) is 32.1 Å². The highest BCUT2D eigenvalue weighted by atomic mass is 16.5. The summed E-state index contributed by atoms with van der Waals surface area (Å²) in [5.41, 5.74) is 0.108. The molecule has 0 aliphatic rings. The predicted octanol–water partition coefficient (Wildman–Crippen LogP) is 1.25. The minimum Gasteiger partial charge on any atom is -0.385 e. The highest BCUT2D eigenvalue weighted by Gasteiger charge is 2.24. The quantitative estimate of drug-likeness (QED) is 0.410. The fraction of sp³-hybridized carbons (Fsp3) is 0.923. The maximum absolute atomic E-state index is 5.49. The summed E-state index contributed by atoms with van der Waals surface area (Å²) < 4.78 is 10.5. The van der Waals surface area contributed by atoms with Crippen LogP contribution < -0.4 is 10.6 Å². The van der Waals surface area contributed by atoms with Crippen molar-refractivity contribution < 1.29 is 9.47 Å². The topological polar surface area (TPSA) is 54.9 Å². The lowest BCUT2D eigenvalue weighted by Crippen LogP contribution is -2.45. The summed E-state index contributed by atoms with van der Waals surface area (Å²) in [6, 6.07) is 0. The molecule has 0 rings (SSSR count). The standard InChI is InChI=1S/C13H29N3O2/c1-13(2,3)11(18-6)10-16-12(14-4)15-8-7-9-17-5/h11H,7-10H2,1-6H3,(H2,14,15,16). The molecular formula is C13H29N3O2. The highest BCUT2D eigenvalue weighted by molar-refractivity contribution is 5.79. The Kier molecular flexibility index (Phi) is 8.75. The van der Waals surface area contributed by atoms with Crippen LogP contribution in [0.25, 0.3) is 0 Å². The van der Waals surface area contributed by atoms with Gasteiger partial charge in [-0.25, -0.2) is 0 Å². The molecule has 0 saturated heterocycles. The number of guanidine groups is 1. The van der Waals surface area contributed by atoms with E-state index in [4.69, 9.17) is 9.47 Å². The van der Waals surface area contributed by atoms with Crippen LogP contribution >= 0.6 is 0 Å². The number of ether oxygens (including phenoxy) is 2. The number of hydrogen-bond acceptors (Lipinski definition) is 3. The third-order valence-corrected chi connectivity index (χ3v) is 2.75. The SMILES string of the molecule is CN=C(NCCCOC)NCC(OC)C(C)(C)C. The van der Waals surface area contributed by atoms with Gasteiger partial charge < -0.3 is 20.1 Å². The molecule has 1 atom stereocenters. The number of aliphatic imine (C=N–C) groups is 1. The van der Waals surface area contributed by atoms with Crippen molar-refractivity contribution in [1.82, 2.24) is 10.6 Å². The molecule has 5 heteroatoms. The van der Waals surface area contributed by atoms with Gasteiger partial charge in [-0.05, 0) is 11.8 Å². The zero-order chi connectivity index (χ0) is 14.0. The molecule has 0 saturated carbocycles. The first-order valence-corrected chi connectivity index (χ1v) is 6.42. The Hall–Kier alpha value is -0.810. The molecule has 0 heterocycles. The molecular weight excluding hydrogens is 230 g/mol. The van der Waals surface area contributed by atoms with Crippen LogP contribution in [0.3, 0.4) is 0 Å². The van der Waals surface area contributed by atoms with Crippen LogP contribution in [0.1, 0.15) is 27.2 Å². The number of nitrogens with zero attached hydrogens (tertiary/aromatic N) is 1. The van der Waals surface area contributed by atoms with E-state index < -0.39 is 0 Å². The van der Waals surface area contributed by atoms with Gasteiger partial charge in [0.1, 0.15) is 0 Å². The van der Waals surface area contributed by atoms with Crippen molar-refractivity contribution in [2.24, 2.45) is 10.4 Å². The van der Waals surface area contributed by atoms with Crippen LogP contribution in [0.2, 0.25) is 0 Å². The molecule has 0 aromatic carbocycles. The molecule has 0 fully saturated rings. The van der Waals surface area contributed by atoms with Gasteiger partial charge in [-0.3, -0.25) is 4.99 Å². The molecule has 0 amide bonds. The molecule has 0 bridgehead atoms. The van der Waals surface area contributed by atoms with Gasteiger partial charge in [0.25, 0.3) is 0 Å². The first-order chi connectivity index (χ1) is 8.45. The van der Waals surface area contributed by atoms with E-state index in [9.17, 15) is 0 Å². The normalized spacial score (nSPS) is 14.4. The minimum absolute atomic E-state index is 0.108. The smallest absolute Gasteiger partial charge is 0.191 e. The molecule has 0 radical (unpaired) electrons. The molecule has 0 aromatic rings. The number of nitrogens with one attached hydrogen (secondary N) is 2. The molecule has 0 spiro atoms. The van der Waals surface area contributed by atoms with Crippen molar-refractivity contribution in [2.75, 3.05) is 41.0 Å². The van der Waals surface area contributed by atoms with E-state index in [1.54, 1.807) is 21.3 Å². The Bertz CT molecular complexity index is 237. The lowest BCUT2D eigenvalue weighted by atomic mass is 9.89. The molecule has 0 aliphatic carbocycles. The lowest BCUT2D eigenvalue weighted by molar-refractivity contribution is 0.0205. The van der Waals surface area contributed by atoms with Gasteiger partial charge in [0.15, 0.2) is 5.96 Å². The highest BCUT2D eigenvalue weighted by Crippen LogP contribution is 2.20. The van der Waals surface area contributed by atoms with Gasteiger partial charge in [-0.15, -0.1) is 0 Å². The van der Waals surface area contributed by atoms with Crippen LogP contribution in [-0.2, 0) is 9.47 Å². The monoisotopic (exact) mass is 259 g/mol. The van der Waals surface area contributed by atoms with Gasteiger partial charge in [0.2, 0.25) is 0 Å². The first kappa shape index (κ1) is 17.2. The maximum Gasteiger partial charge on any atom is 0.191 e. The lowest BCUT2D eigenvalue weighted by Gasteiger charge is -2.30. The van der Waals surface area contributed by atoms with Gasteiger partial charge in [-0.2, -0.15) is 0 Å². The van der Waals surface area contributed by atoms with Crippen molar-refractivity contribution in [1.29, 1.82) is 0 Å². The van der Waals surface area contributed by atoms with Crippen molar-refractivity contribution >= 4 is 5.96 Å². The Morgan fingerprint density at radius 1 is 1.22 bits per heavy atom. The Labute approximate surface area is 111 Å². The summed E-state index contributed by atoms with van der Waals surface area (Å²) in [6.07, 6.45) is 1.11. The molecule has 5 nitrogen and oxygen atoms in total. The molecule has 108 valence electrons. The number of rotatable bonds is 7. The van der Waals surface area contributed by atoms with Crippen molar-refractivity contribution in [3.05, 3.63) is 0 Å². The second-order valence-electron chi connectivity index (χ2n) is 5.32. The second-order valence-corrected chi connectivity index (χ2v) is 5.32. The summed E-state index contributed by atoms with van der Waals surface area (Å²) in [4.78, 5) is 4.17. The zero-order valence-corrected chi connectivity index (χ0v) is 12.7. The number of methoxy groups -OCH3 is 2. The van der Waals surface area contributed by atoms with Crippen molar-refractivity contribution in [3.63, 3.8) is 0 Å². The Morgan fingerprint density at radius 2 is 1.89 bits per heavy atom. The van der Waals surface area contributed by atoms with Crippen LogP contribution in [-0.4, -0.2) is 53.0 Å². The zero-order valence-electron chi connectivity index (χ0n) is 12.7. The fourth-order valence-electron chi connectivity index (χ4n) is 1.58. The van der Waals surface area contributed by atoms with Crippen LogP contribution in [0, 0.1) is 5.41 Å². The van der Waals surface area contributed by atoms with Gasteiger partial charge >= 0.3 is 0 Å². The minimum atomic E-state index is 0.108. The van der Waals surface area contributed by atoms with Gasteiger partial charge in [-0.1, -0.05) is 20.8 Å². The predicted molar refractivity (Wildman–Crippen MR) is 76.1 cm³/mol. The molecule has 2 N–H and O–H groups in total. The summed E-state index contributed by atoms with van der Waals surface area (Å²) >= 11 is 0. The number of hydrogen-bond donors (Lipinski definition) is 2. The Morgan fingerprint density at radius 3 is 2.33 bits per heavy atom. The summed E-state index contributed by atoms with van der Waals surface area (Å²) in [7, 11) is 5.22.